The Labute approximate surface area is 142 Å². The van der Waals surface area contributed by atoms with Crippen molar-refractivity contribution in [3.8, 4) is 17.0 Å². The summed E-state index contributed by atoms with van der Waals surface area (Å²) in [4.78, 5) is 0. The predicted octanol–water partition coefficient (Wildman–Crippen LogP) is 4.18. The average molecular weight is 331 g/mol. The first kappa shape index (κ1) is 15.4. The van der Waals surface area contributed by atoms with Crippen molar-refractivity contribution in [3.63, 3.8) is 0 Å². The van der Waals surface area contributed by atoms with Crippen molar-refractivity contribution < 1.29 is 10.2 Å². The summed E-state index contributed by atoms with van der Waals surface area (Å²) in [6.45, 7) is 2.22. The zero-order valence-corrected chi connectivity index (χ0v) is 14.2. The number of halogens is 1. The van der Waals surface area contributed by atoms with Crippen molar-refractivity contribution in [1.29, 1.82) is 0 Å². The maximum absolute atomic E-state index is 11.1. The fourth-order valence-corrected chi connectivity index (χ4v) is 6.02. The molecule has 0 radical (unpaired) electrons. The highest BCUT2D eigenvalue weighted by molar-refractivity contribution is 6.30. The van der Waals surface area contributed by atoms with Gasteiger partial charge in [-0.1, -0.05) is 18.9 Å². The molecule has 2 saturated carbocycles. The van der Waals surface area contributed by atoms with Gasteiger partial charge in [0.15, 0.2) is 0 Å². The molecule has 2 nitrogen and oxygen atoms in total. The van der Waals surface area contributed by atoms with E-state index >= 15 is 0 Å². The quantitative estimate of drug-likeness (QED) is 0.701. The summed E-state index contributed by atoms with van der Waals surface area (Å²) in [5, 5.41) is 23.3. The fourth-order valence-electron chi connectivity index (χ4n) is 5.87. The zero-order valence-electron chi connectivity index (χ0n) is 13.5. The third-order valence-electron chi connectivity index (χ3n) is 7.12. The van der Waals surface area contributed by atoms with Crippen LogP contribution in [0.25, 0.3) is 0 Å². The van der Waals surface area contributed by atoms with Crippen LogP contribution in [-0.2, 0) is 6.42 Å². The minimum Gasteiger partial charge on any atom is -0.508 e. The van der Waals surface area contributed by atoms with Crippen molar-refractivity contribution in [3.05, 3.63) is 29.3 Å². The molecule has 23 heavy (non-hydrogen) atoms. The first-order valence-electron chi connectivity index (χ1n) is 8.65. The lowest BCUT2D eigenvalue weighted by atomic mass is 9.53. The molecule has 3 heteroatoms. The Morgan fingerprint density at radius 3 is 2.83 bits per heavy atom. The molecule has 0 saturated heterocycles. The second-order valence-corrected chi connectivity index (χ2v) is 8.06. The lowest BCUT2D eigenvalue weighted by Crippen LogP contribution is -2.50. The van der Waals surface area contributed by atoms with Gasteiger partial charge in [-0.2, -0.15) is 0 Å². The number of aromatic hydroxyl groups is 1. The van der Waals surface area contributed by atoms with Gasteiger partial charge >= 0.3 is 0 Å². The number of aliphatic hydroxyl groups is 1. The maximum atomic E-state index is 11.1. The third kappa shape index (κ3) is 2.06. The van der Waals surface area contributed by atoms with Gasteiger partial charge in [0.05, 0.1) is 0 Å². The lowest BCUT2D eigenvalue weighted by molar-refractivity contribution is -0.0647. The number of hydrogen-bond acceptors (Lipinski definition) is 2. The summed E-state index contributed by atoms with van der Waals surface area (Å²) in [5.41, 5.74) is 1.65. The molecule has 0 bridgehead atoms. The van der Waals surface area contributed by atoms with E-state index in [1.807, 2.05) is 12.1 Å². The monoisotopic (exact) mass is 330 g/mol. The van der Waals surface area contributed by atoms with Crippen LogP contribution in [0.5, 0.6) is 5.75 Å². The van der Waals surface area contributed by atoms with Gasteiger partial charge < -0.3 is 10.2 Å². The summed E-state index contributed by atoms with van der Waals surface area (Å²) in [6.07, 6.45) is 6.01. The second kappa shape index (κ2) is 5.16. The van der Waals surface area contributed by atoms with Crippen LogP contribution in [0.4, 0.5) is 0 Å². The van der Waals surface area contributed by atoms with E-state index in [-0.39, 0.29) is 5.41 Å². The standard InChI is InChI=1S/C20H23ClO2/c1-19-8-6-16-15-5-3-14(22)12-13(15)2-4-17(16)18(19)7-9-20(19,23)10-11-21/h3,5,12,16-18,22-23H,2,4,6-9H2,1H3/t16-,17+,18+,19+,20+/m1/s1. The highest BCUT2D eigenvalue weighted by Gasteiger charge is 2.61. The molecule has 0 unspecified atom stereocenters. The van der Waals surface area contributed by atoms with Crippen LogP contribution in [0.15, 0.2) is 18.2 Å². The van der Waals surface area contributed by atoms with Gasteiger partial charge in [-0.3, -0.25) is 0 Å². The molecular formula is C20H23ClO2. The molecular weight excluding hydrogens is 308 g/mol. The Morgan fingerprint density at radius 2 is 2.04 bits per heavy atom. The largest absolute Gasteiger partial charge is 0.508 e. The highest BCUT2D eigenvalue weighted by Crippen LogP contribution is 2.64. The highest BCUT2D eigenvalue weighted by atomic mass is 35.5. The summed E-state index contributed by atoms with van der Waals surface area (Å²) < 4.78 is 0. The van der Waals surface area contributed by atoms with Crippen LogP contribution in [0.3, 0.4) is 0 Å². The Bertz CT molecular complexity index is 703. The average Bonchev–Trinajstić information content (AvgIpc) is 2.79. The number of fused-ring (bicyclic) bond motifs is 5. The van der Waals surface area contributed by atoms with Gasteiger partial charge in [-0.25, -0.2) is 0 Å². The van der Waals surface area contributed by atoms with E-state index in [4.69, 9.17) is 11.6 Å². The number of phenols is 1. The van der Waals surface area contributed by atoms with E-state index < -0.39 is 5.60 Å². The van der Waals surface area contributed by atoms with E-state index in [1.54, 1.807) is 0 Å². The molecule has 122 valence electrons. The molecule has 0 aromatic heterocycles. The molecule has 2 fully saturated rings. The number of benzene rings is 1. The summed E-state index contributed by atoms with van der Waals surface area (Å²) in [7, 11) is 0. The molecule has 1 aromatic rings. The van der Waals surface area contributed by atoms with Gasteiger partial charge in [-0.05, 0) is 91.1 Å². The minimum absolute atomic E-state index is 0.148. The Morgan fingerprint density at radius 1 is 1.22 bits per heavy atom. The topological polar surface area (TPSA) is 40.5 Å². The zero-order chi connectivity index (χ0) is 16.2. The first-order chi connectivity index (χ1) is 11.0. The second-order valence-electron chi connectivity index (χ2n) is 7.87. The molecule has 1 aromatic carbocycles. The molecule has 2 N–H and O–H groups in total. The number of rotatable bonds is 0. The van der Waals surface area contributed by atoms with Crippen molar-refractivity contribution in [2.24, 2.45) is 17.3 Å². The van der Waals surface area contributed by atoms with Crippen molar-refractivity contribution in [1.82, 2.24) is 0 Å². The minimum atomic E-state index is -0.931. The van der Waals surface area contributed by atoms with Gasteiger partial charge in [0.1, 0.15) is 11.4 Å². The van der Waals surface area contributed by atoms with Crippen LogP contribution in [0.1, 0.15) is 56.1 Å². The number of aryl methyl sites for hydroxylation is 1. The normalized spacial score (nSPS) is 41.3. The van der Waals surface area contributed by atoms with Gasteiger partial charge in [0, 0.05) is 10.8 Å². The van der Waals surface area contributed by atoms with Crippen molar-refractivity contribution in [2.45, 2.75) is 57.0 Å². The molecule has 0 aliphatic heterocycles. The van der Waals surface area contributed by atoms with Gasteiger partial charge in [0.25, 0.3) is 0 Å². The van der Waals surface area contributed by atoms with Gasteiger partial charge in [-0.15, -0.1) is 0 Å². The summed E-state index contributed by atoms with van der Waals surface area (Å²) in [6, 6.07) is 5.87. The number of hydrogen-bond donors (Lipinski definition) is 2. The van der Waals surface area contributed by atoms with E-state index in [9.17, 15) is 10.2 Å². The van der Waals surface area contributed by atoms with E-state index in [0.717, 1.165) is 38.5 Å². The van der Waals surface area contributed by atoms with Crippen molar-refractivity contribution in [2.75, 3.05) is 0 Å². The molecule has 5 atom stereocenters. The van der Waals surface area contributed by atoms with Crippen LogP contribution < -0.4 is 0 Å². The van der Waals surface area contributed by atoms with Crippen LogP contribution >= 0.6 is 11.6 Å². The Balaban J connectivity index is 1.71. The Kier molecular flexibility index (Phi) is 3.45. The molecule has 0 amide bonds. The fraction of sp³-hybridized carbons (Fsp3) is 0.600. The maximum Gasteiger partial charge on any atom is 0.132 e. The Hall–Kier alpha value is -1.17. The third-order valence-corrected chi connectivity index (χ3v) is 7.21. The SMILES string of the molecule is C[C@]12CC[C@@H]3c4ccc(O)cc4CC[C@@H]3[C@@H]1CC[C@]2(O)C#CCl. The predicted molar refractivity (Wildman–Crippen MR) is 91.3 cm³/mol. The molecule has 0 spiro atoms. The van der Waals surface area contributed by atoms with E-state index in [0.29, 0.717) is 23.5 Å². The number of phenolic OH excluding ortho intramolecular Hbond substituents is 1. The molecule has 4 rings (SSSR count). The van der Waals surface area contributed by atoms with Crippen LogP contribution in [0.2, 0.25) is 0 Å². The van der Waals surface area contributed by atoms with Gasteiger partial charge in [0.2, 0.25) is 0 Å². The smallest absolute Gasteiger partial charge is 0.132 e. The van der Waals surface area contributed by atoms with Crippen molar-refractivity contribution >= 4 is 11.6 Å². The van der Waals surface area contributed by atoms with Crippen LogP contribution in [0, 0.1) is 28.6 Å². The summed E-state index contributed by atoms with van der Waals surface area (Å²) >= 11 is 5.64. The van der Waals surface area contributed by atoms with E-state index in [1.165, 1.54) is 11.1 Å². The first-order valence-corrected chi connectivity index (χ1v) is 9.03. The summed E-state index contributed by atoms with van der Waals surface area (Å²) in [5.74, 6) is 4.96. The molecule has 0 heterocycles. The van der Waals surface area contributed by atoms with Crippen LogP contribution in [-0.4, -0.2) is 15.8 Å². The lowest BCUT2D eigenvalue weighted by Gasteiger charge is -2.52. The molecule has 3 aliphatic rings. The van der Waals surface area contributed by atoms with E-state index in [2.05, 4.69) is 24.3 Å². The molecule has 3 aliphatic carbocycles.